The second-order valence-electron chi connectivity index (χ2n) is 9.36. The molecule has 2 aliphatic heterocycles. The average Bonchev–Trinajstić information content (AvgIpc) is 2.92. The van der Waals surface area contributed by atoms with E-state index in [1.807, 2.05) is 24.3 Å². The molecule has 1 amide bonds. The first-order valence-corrected chi connectivity index (χ1v) is 14.2. The van der Waals surface area contributed by atoms with Gasteiger partial charge >= 0.3 is 0 Å². The summed E-state index contributed by atoms with van der Waals surface area (Å²) >= 11 is 5.97. The van der Waals surface area contributed by atoms with Gasteiger partial charge in [0.05, 0.1) is 23.2 Å². The van der Waals surface area contributed by atoms with Crippen molar-refractivity contribution in [1.29, 1.82) is 0 Å². The molecule has 2 aliphatic rings. The highest BCUT2D eigenvalue weighted by Gasteiger charge is 2.42. The van der Waals surface area contributed by atoms with Crippen LogP contribution >= 0.6 is 11.6 Å². The molecule has 3 aromatic carbocycles. The van der Waals surface area contributed by atoms with E-state index in [0.29, 0.717) is 22.9 Å². The zero-order chi connectivity index (χ0) is 26.2. The Morgan fingerprint density at radius 3 is 2.35 bits per heavy atom. The Labute approximate surface area is 222 Å². The molecule has 9 heteroatoms. The minimum absolute atomic E-state index is 0.0850. The van der Waals surface area contributed by atoms with Gasteiger partial charge in [-0.25, -0.2) is 8.42 Å². The molecule has 0 bridgehead atoms. The van der Waals surface area contributed by atoms with Crippen molar-refractivity contribution < 1.29 is 22.7 Å². The van der Waals surface area contributed by atoms with Crippen LogP contribution in [0.5, 0.6) is 11.5 Å². The second-order valence-corrected chi connectivity index (χ2v) is 11.7. The molecule has 0 aromatic heterocycles. The number of carbonyl (C=O) groups is 1. The third-order valence-corrected chi connectivity index (χ3v) is 9.28. The minimum Gasteiger partial charge on any atom is -0.487 e. The van der Waals surface area contributed by atoms with Crippen LogP contribution in [-0.2, 0) is 14.8 Å². The zero-order valence-corrected chi connectivity index (χ0v) is 22.3. The van der Waals surface area contributed by atoms with E-state index >= 15 is 0 Å². The number of nitrogens with one attached hydrogen (secondary N) is 1. The van der Waals surface area contributed by atoms with E-state index in [-0.39, 0.29) is 23.4 Å². The lowest BCUT2D eigenvalue weighted by molar-refractivity contribution is -0.129. The summed E-state index contributed by atoms with van der Waals surface area (Å²) in [5, 5.41) is 3.57. The maximum absolute atomic E-state index is 13.6. The average molecular weight is 541 g/mol. The molecule has 0 saturated carbocycles. The molecule has 194 valence electrons. The number of rotatable bonds is 6. The van der Waals surface area contributed by atoms with E-state index in [1.54, 1.807) is 24.3 Å². The molecule has 0 aliphatic carbocycles. The van der Waals surface area contributed by atoms with Gasteiger partial charge in [-0.1, -0.05) is 55.8 Å². The number of carbonyl (C=O) groups excluding carboxylic acids is 1. The van der Waals surface area contributed by atoms with Gasteiger partial charge in [0.1, 0.15) is 17.1 Å². The fraction of sp³-hybridized carbons (Fsp3) is 0.321. The molecule has 0 radical (unpaired) electrons. The van der Waals surface area contributed by atoms with Crippen molar-refractivity contribution in [2.75, 3.05) is 10.8 Å². The van der Waals surface area contributed by atoms with Gasteiger partial charge in [0.15, 0.2) is 6.10 Å². The van der Waals surface area contributed by atoms with Crippen LogP contribution in [0.1, 0.15) is 44.7 Å². The number of para-hydroxylation sites is 3. The number of hydrogen-bond donors (Lipinski definition) is 1. The van der Waals surface area contributed by atoms with Gasteiger partial charge < -0.3 is 14.8 Å². The standard InChI is InChI=1S/C28H29ClN2O5S/c1-3-28(4-2)17-22(21-9-5-7-11-24(21)36-28)30-27(32)26-18-31(23-10-6-8-12-25(23)35-26)37(33,34)20-15-13-19(29)14-16-20/h5-16,22,26H,3-4,17-18H2,1-2H3,(H,30,32)/t22-,26-/m0/s1. The summed E-state index contributed by atoms with van der Waals surface area (Å²) in [7, 11) is -3.97. The summed E-state index contributed by atoms with van der Waals surface area (Å²) in [5.74, 6) is 0.702. The largest absolute Gasteiger partial charge is 0.487 e. The number of nitrogens with zero attached hydrogens (tertiary/aromatic N) is 1. The van der Waals surface area contributed by atoms with E-state index in [1.165, 1.54) is 28.6 Å². The molecule has 1 N–H and O–H groups in total. The van der Waals surface area contributed by atoms with Crippen molar-refractivity contribution >= 4 is 33.2 Å². The van der Waals surface area contributed by atoms with Gasteiger partial charge in [-0.05, 0) is 55.3 Å². The van der Waals surface area contributed by atoms with Crippen molar-refractivity contribution in [3.05, 3.63) is 83.4 Å². The lowest BCUT2D eigenvalue weighted by atomic mass is 9.83. The maximum Gasteiger partial charge on any atom is 0.264 e. The van der Waals surface area contributed by atoms with Crippen LogP contribution in [0.25, 0.3) is 0 Å². The molecule has 7 nitrogen and oxygen atoms in total. The van der Waals surface area contributed by atoms with E-state index in [2.05, 4.69) is 19.2 Å². The van der Waals surface area contributed by atoms with E-state index in [9.17, 15) is 13.2 Å². The number of amides is 1. The number of benzene rings is 3. The van der Waals surface area contributed by atoms with Crippen molar-refractivity contribution in [1.82, 2.24) is 5.32 Å². The highest BCUT2D eigenvalue weighted by molar-refractivity contribution is 7.92. The molecule has 0 saturated heterocycles. The molecule has 2 heterocycles. The lowest BCUT2D eigenvalue weighted by Crippen LogP contribution is -2.52. The fourth-order valence-electron chi connectivity index (χ4n) is 4.99. The summed E-state index contributed by atoms with van der Waals surface area (Å²) in [6.07, 6.45) is 1.17. The summed E-state index contributed by atoms with van der Waals surface area (Å²) in [6.45, 7) is 4.00. The number of fused-ring (bicyclic) bond motifs is 2. The number of hydrogen-bond acceptors (Lipinski definition) is 5. The molecule has 2 atom stereocenters. The molecule has 5 rings (SSSR count). The Kier molecular flexibility index (Phi) is 6.81. The molecular weight excluding hydrogens is 512 g/mol. The van der Waals surface area contributed by atoms with Gasteiger partial charge in [-0.15, -0.1) is 0 Å². The number of sulfonamides is 1. The minimum atomic E-state index is -3.97. The Morgan fingerprint density at radius 2 is 1.65 bits per heavy atom. The van der Waals surface area contributed by atoms with Crippen molar-refractivity contribution in [2.24, 2.45) is 0 Å². The molecule has 3 aromatic rings. The third-order valence-electron chi connectivity index (χ3n) is 7.23. The van der Waals surface area contributed by atoms with Crippen LogP contribution in [0.3, 0.4) is 0 Å². The first-order chi connectivity index (χ1) is 17.8. The summed E-state index contributed by atoms with van der Waals surface area (Å²) in [5.41, 5.74) is 0.889. The molecular formula is C28H29ClN2O5S. The molecule has 0 spiro atoms. The lowest BCUT2D eigenvalue weighted by Gasteiger charge is -2.42. The number of halogens is 1. The summed E-state index contributed by atoms with van der Waals surface area (Å²) in [4.78, 5) is 13.7. The van der Waals surface area contributed by atoms with E-state index in [0.717, 1.165) is 24.2 Å². The first-order valence-electron chi connectivity index (χ1n) is 12.4. The van der Waals surface area contributed by atoms with Crippen LogP contribution in [0.4, 0.5) is 5.69 Å². The predicted octanol–water partition coefficient (Wildman–Crippen LogP) is 5.50. The van der Waals surface area contributed by atoms with E-state index in [4.69, 9.17) is 21.1 Å². The maximum atomic E-state index is 13.6. The first kappa shape index (κ1) is 25.4. The van der Waals surface area contributed by atoms with E-state index < -0.39 is 21.7 Å². The van der Waals surface area contributed by atoms with Gasteiger partial charge in [-0.3, -0.25) is 9.10 Å². The number of anilines is 1. The van der Waals surface area contributed by atoms with Gasteiger partial charge in [0.2, 0.25) is 0 Å². The predicted molar refractivity (Wildman–Crippen MR) is 143 cm³/mol. The monoisotopic (exact) mass is 540 g/mol. The Balaban J connectivity index is 1.45. The van der Waals surface area contributed by atoms with Crippen LogP contribution in [0, 0.1) is 0 Å². The van der Waals surface area contributed by atoms with Crippen molar-refractivity contribution in [2.45, 2.75) is 55.8 Å². The smallest absolute Gasteiger partial charge is 0.264 e. The second kappa shape index (κ2) is 9.91. The van der Waals surface area contributed by atoms with Crippen LogP contribution in [-0.4, -0.2) is 32.6 Å². The topological polar surface area (TPSA) is 84.9 Å². The Hall–Kier alpha value is -3.23. The Bertz CT molecular complexity index is 1410. The molecule has 0 unspecified atom stereocenters. The third kappa shape index (κ3) is 4.76. The zero-order valence-electron chi connectivity index (χ0n) is 20.7. The summed E-state index contributed by atoms with van der Waals surface area (Å²) in [6, 6.07) is 20.2. The highest BCUT2D eigenvalue weighted by Crippen LogP contribution is 2.43. The summed E-state index contributed by atoms with van der Waals surface area (Å²) < 4.78 is 40.9. The number of ether oxygens (including phenoxy) is 2. The van der Waals surface area contributed by atoms with Crippen LogP contribution in [0.2, 0.25) is 5.02 Å². The van der Waals surface area contributed by atoms with Crippen molar-refractivity contribution in [3.63, 3.8) is 0 Å². The fourth-order valence-corrected chi connectivity index (χ4v) is 6.60. The quantitative estimate of drug-likeness (QED) is 0.446. The van der Waals surface area contributed by atoms with Crippen molar-refractivity contribution in [3.8, 4) is 11.5 Å². The van der Waals surface area contributed by atoms with Crippen LogP contribution < -0.4 is 19.1 Å². The van der Waals surface area contributed by atoms with Crippen LogP contribution in [0.15, 0.2) is 77.7 Å². The Morgan fingerprint density at radius 1 is 1.00 bits per heavy atom. The van der Waals surface area contributed by atoms with Gasteiger partial charge in [-0.2, -0.15) is 0 Å². The molecule has 0 fully saturated rings. The van der Waals surface area contributed by atoms with Gasteiger partial charge in [0, 0.05) is 17.0 Å². The SMILES string of the molecule is CCC1(CC)C[C@H](NC(=O)[C@@H]2CN(S(=O)(=O)c3ccc(Cl)cc3)c3ccccc3O2)c2ccccc2O1. The highest BCUT2D eigenvalue weighted by atomic mass is 35.5. The normalized spacial score (nSPS) is 20.1. The van der Waals surface area contributed by atoms with Gasteiger partial charge in [0.25, 0.3) is 15.9 Å². The molecule has 37 heavy (non-hydrogen) atoms.